The van der Waals surface area contributed by atoms with Crippen molar-refractivity contribution in [3.05, 3.63) is 82.7 Å². The van der Waals surface area contributed by atoms with Gasteiger partial charge in [0.1, 0.15) is 5.75 Å². The summed E-state index contributed by atoms with van der Waals surface area (Å²) in [6.45, 7) is 0.176. The van der Waals surface area contributed by atoms with Crippen molar-refractivity contribution in [2.24, 2.45) is 4.99 Å². The number of carbonyl (C=O) groups is 2. The first-order chi connectivity index (χ1) is 17.7. The molecular formula is C26H21N3O6S2. The topological polar surface area (TPSA) is 116 Å². The van der Waals surface area contributed by atoms with E-state index >= 15 is 0 Å². The van der Waals surface area contributed by atoms with E-state index in [0.717, 1.165) is 5.52 Å². The molecule has 37 heavy (non-hydrogen) atoms. The second-order valence-corrected chi connectivity index (χ2v) is 10.3. The highest BCUT2D eigenvalue weighted by molar-refractivity contribution is 7.92. The van der Waals surface area contributed by atoms with Gasteiger partial charge in [-0.2, -0.15) is 4.99 Å². The number of ether oxygens (including phenoxy) is 2. The molecule has 0 atom stereocenters. The van der Waals surface area contributed by atoms with E-state index in [0.29, 0.717) is 20.8 Å². The van der Waals surface area contributed by atoms with Gasteiger partial charge in [-0.05, 0) is 66.7 Å². The van der Waals surface area contributed by atoms with Crippen LogP contribution in [-0.2, 0) is 21.3 Å². The van der Waals surface area contributed by atoms with Gasteiger partial charge < -0.3 is 14.0 Å². The number of sulfonamides is 1. The van der Waals surface area contributed by atoms with Crippen LogP contribution in [0.1, 0.15) is 20.7 Å². The quantitative estimate of drug-likeness (QED) is 0.285. The Kier molecular flexibility index (Phi) is 7.42. The van der Waals surface area contributed by atoms with E-state index < -0.39 is 21.9 Å². The highest BCUT2D eigenvalue weighted by Crippen LogP contribution is 2.21. The van der Waals surface area contributed by atoms with Crippen molar-refractivity contribution in [3.63, 3.8) is 0 Å². The molecule has 0 aliphatic rings. The van der Waals surface area contributed by atoms with Gasteiger partial charge in [0.25, 0.3) is 15.9 Å². The van der Waals surface area contributed by atoms with E-state index in [1.807, 2.05) is 0 Å². The molecule has 3 aromatic carbocycles. The second kappa shape index (κ2) is 10.7. The number of carbonyl (C=O) groups excluding carboxylic acids is 2. The summed E-state index contributed by atoms with van der Waals surface area (Å²) < 4.78 is 40.0. The highest BCUT2D eigenvalue weighted by atomic mass is 32.2. The van der Waals surface area contributed by atoms with Crippen LogP contribution in [0.15, 0.2) is 76.6 Å². The third-order valence-corrected chi connectivity index (χ3v) is 7.74. The number of terminal acetylenes is 1. The van der Waals surface area contributed by atoms with Gasteiger partial charge in [-0.15, -0.1) is 6.42 Å². The molecule has 1 heterocycles. The van der Waals surface area contributed by atoms with E-state index in [2.05, 4.69) is 15.6 Å². The van der Waals surface area contributed by atoms with Gasteiger partial charge in [0.15, 0.2) is 4.80 Å². The minimum Gasteiger partial charge on any atom is -0.497 e. The summed E-state index contributed by atoms with van der Waals surface area (Å²) in [6, 6.07) is 16.9. The Labute approximate surface area is 217 Å². The predicted octanol–water partition coefficient (Wildman–Crippen LogP) is 3.67. The van der Waals surface area contributed by atoms with E-state index in [1.165, 1.54) is 62.0 Å². The molecule has 1 N–H and O–H groups in total. The largest absolute Gasteiger partial charge is 0.497 e. The van der Waals surface area contributed by atoms with Crippen molar-refractivity contribution >= 4 is 49.1 Å². The van der Waals surface area contributed by atoms with Crippen LogP contribution in [0, 0.1) is 12.3 Å². The summed E-state index contributed by atoms with van der Waals surface area (Å²) in [5.74, 6) is 2.08. The van der Waals surface area contributed by atoms with Crippen LogP contribution < -0.4 is 14.3 Å². The number of esters is 1. The number of anilines is 1. The van der Waals surface area contributed by atoms with E-state index in [-0.39, 0.29) is 22.7 Å². The Hall–Kier alpha value is -4.40. The average Bonchev–Trinajstić information content (AvgIpc) is 3.24. The Balaban J connectivity index is 1.60. The maximum Gasteiger partial charge on any atom is 0.337 e. The van der Waals surface area contributed by atoms with Gasteiger partial charge in [-0.1, -0.05) is 17.3 Å². The molecule has 9 nitrogen and oxygen atoms in total. The van der Waals surface area contributed by atoms with Crippen LogP contribution >= 0.6 is 11.3 Å². The fourth-order valence-electron chi connectivity index (χ4n) is 3.45. The fourth-order valence-corrected chi connectivity index (χ4v) is 5.57. The van der Waals surface area contributed by atoms with Gasteiger partial charge in [-0.3, -0.25) is 9.52 Å². The average molecular weight is 536 g/mol. The van der Waals surface area contributed by atoms with Crippen molar-refractivity contribution in [1.29, 1.82) is 0 Å². The Morgan fingerprint density at radius 2 is 1.70 bits per heavy atom. The summed E-state index contributed by atoms with van der Waals surface area (Å²) in [5.41, 5.74) is 1.64. The fraction of sp³-hybridized carbons (Fsp3) is 0.115. The summed E-state index contributed by atoms with van der Waals surface area (Å²) in [4.78, 5) is 29.4. The molecule has 0 radical (unpaired) electrons. The number of nitrogens with zero attached hydrogens (tertiary/aromatic N) is 2. The molecule has 0 saturated carbocycles. The van der Waals surface area contributed by atoms with E-state index in [4.69, 9.17) is 15.9 Å². The number of methoxy groups -OCH3 is 2. The van der Waals surface area contributed by atoms with Gasteiger partial charge in [0.2, 0.25) is 0 Å². The molecule has 0 unspecified atom stereocenters. The maximum absolute atomic E-state index is 12.9. The lowest BCUT2D eigenvalue weighted by Gasteiger charge is -2.09. The third-order valence-electron chi connectivity index (χ3n) is 5.30. The Bertz CT molecular complexity index is 1690. The maximum atomic E-state index is 12.9. The Morgan fingerprint density at radius 3 is 2.32 bits per heavy atom. The van der Waals surface area contributed by atoms with Crippen molar-refractivity contribution in [3.8, 4) is 18.1 Å². The number of fused-ring (bicyclic) bond motifs is 1. The van der Waals surface area contributed by atoms with Gasteiger partial charge in [0.05, 0.1) is 41.4 Å². The molecule has 0 bridgehead atoms. The summed E-state index contributed by atoms with van der Waals surface area (Å²) in [7, 11) is -1.03. The van der Waals surface area contributed by atoms with Crippen LogP contribution in [-0.4, -0.2) is 39.1 Å². The SMILES string of the molecule is C#CCn1c(=NC(=O)c2ccc(NS(=O)(=O)c3ccc(OC)cc3)cc2)sc2cc(C(=O)OC)ccc21. The first-order valence-electron chi connectivity index (χ1n) is 10.8. The van der Waals surface area contributed by atoms with Crippen molar-refractivity contribution in [2.45, 2.75) is 11.4 Å². The molecule has 188 valence electrons. The first kappa shape index (κ1) is 25.7. The summed E-state index contributed by atoms with van der Waals surface area (Å²) >= 11 is 1.21. The van der Waals surface area contributed by atoms with Gasteiger partial charge in [-0.25, -0.2) is 13.2 Å². The smallest absolute Gasteiger partial charge is 0.337 e. The normalized spacial score (nSPS) is 11.6. The molecule has 0 aliphatic carbocycles. The molecule has 4 rings (SSSR count). The van der Waals surface area contributed by atoms with Crippen LogP contribution in [0.25, 0.3) is 10.2 Å². The summed E-state index contributed by atoms with van der Waals surface area (Å²) in [5, 5.41) is 0. The zero-order valence-corrected chi connectivity index (χ0v) is 21.4. The first-order valence-corrected chi connectivity index (χ1v) is 13.1. The minimum absolute atomic E-state index is 0.0710. The third kappa shape index (κ3) is 5.55. The predicted molar refractivity (Wildman–Crippen MR) is 140 cm³/mol. The zero-order chi connectivity index (χ0) is 26.6. The van der Waals surface area contributed by atoms with Gasteiger partial charge in [0, 0.05) is 11.3 Å². The molecule has 0 saturated heterocycles. The number of rotatable bonds is 7. The van der Waals surface area contributed by atoms with Crippen molar-refractivity contribution in [1.82, 2.24) is 4.57 Å². The monoisotopic (exact) mass is 535 g/mol. The van der Waals surface area contributed by atoms with Gasteiger partial charge >= 0.3 is 5.97 Å². The molecule has 4 aromatic rings. The highest BCUT2D eigenvalue weighted by Gasteiger charge is 2.15. The number of amides is 1. The molecule has 0 aliphatic heterocycles. The zero-order valence-electron chi connectivity index (χ0n) is 19.8. The molecule has 0 fully saturated rings. The molecule has 11 heteroatoms. The molecule has 1 aromatic heterocycles. The van der Waals surface area contributed by atoms with Crippen LogP contribution in [0.4, 0.5) is 5.69 Å². The summed E-state index contributed by atoms with van der Waals surface area (Å²) in [6.07, 6.45) is 5.52. The lowest BCUT2D eigenvalue weighted by molar-refractivity contribution is 0.0600. The minimum atomic E-state index is -3.83. The van der Waals surface area contributed by atoms with E-state index in [9.17, 15) is 18.0 Å². The Morgan fingerprint density at radius 1 is 1.03 bits per heavy atom. The number of thiazole rings is 1. The van der Waals surface area contributed by atoms with Crippen molar-refractivity contribution < 1.29 is 27.5 Å². The standard InChI is InChI=1S/C26H21N3O6S2/c1-4-15-29-22-14-7-18(25(31)35-3)16-23(22)36-26(29)27-24(30)17-5-8-19(9-6-17)28-37(32,33)21-12-10-20(34-2)11-13-21/h1,5-14,16,28H,15H2,2-3H3. The molecular weight excluding hydrogens is 514 g/mol. The molecule has 0 spiro atoms. The van der Waals surface area contributed by atoms with Crippen LogP contribution in [0.2, 0.25) is 0 Å². The lowest BCUT2D eigenvalue weighted by atomic mass is 10.2. The number of aromatic nitrogens is 1. The second-order valence-electron chi connectivity index (χ2n) is 7.62. The van der Waals surface area contributed by atoms with E-state index in [1.54, 1.807) is 34.9 Å². The number of benzene rings is 3. The number of nitrogens with one attached hydrogen (secondary N) is 1. The number of hydrogen-bond donors (Lipinski definition) is 1. The van der Waals surface area contributed by atoms with Crippen LogP contribution in [0.3, 0.4) is 0 Å². The number of hydrogen-bond acceptors (Lipinski definition) is 7. The van der Waals surface area contributed by atoms with Crippen molar-refractivity contribution in [2.75, 3.05) is 18.9 Å². The van der Waals surface area contributed by atoms with Crippen LogP contribution in [0.5, 0.6) is 5.75 Å². The lowest BCUT2D eigenvalue weighted by Crippen LogP contribution is -2.16. The molecule has 1 amide bonds.